The largest absolute Gasteiger partial charge is 0.497 e. The van der Waals surface area contributed by atoms with Crippen LogP contribution in [0, 0.1) is 6.92 Å². The van der Waals surface area contributed by atoms with Gasteiger partial charge < -0.3 is 19.4 Å². The number of nitrogens with one attached hydrogen (secondary N) is 1. The number of methoxy groups -OCH3 is 2. The van der Waals surface area contributed by atoms with Crippen LogP contribution in [-0.2, 0) is 7.05 Å². The lowest BCUT2D eigenvalue weighted by Crippen LogP contribution is -2.31. The summed E-state index contributed by atoms with van der Waals surface area (Å²) in [7, 11) is 5.06. The van der Waals surface area contributed by atoms with Crippen molar-refractivity contribution in [2.75, 3.05) is 14.2 Å². The molecule has 0 fully saturated rings. The molecule has 1 N–H and O–H groups in total. The zero-order chi connectivity index (χ0) is 19.4. The molecule has 0 aliphatic heterocycles. The van der Waals surface area contributed by atoms with E-state index in [0.29, 0.717) is 22.9 Å². The first-order valence-corrected chi connectivity index (χ1v) is 8.45. The average molecular weight is 366 g/mol. The summed E-state index contributed by atoms with van der Waals surface area (Å²) >= 11 is 0. The van der Waals surface area contributed by atoms with E-state index < -0.39 is 6.04 Å². The maximum absolute atomic E-state index is 12.8. The van der Waals surface area contributed by atoms with Gasteiger partial charge in [0.2, 0.25) is 0 Å². The van der Waals surface area contributed by atoms with Gasteiger partial charge >= 0.3 is 0 Å². The van der Waals surface area contributed by atoms with E-state index in [9.17, 15) is 4.79 Å². The van der Waals surface area contributed by atoms with Crippen LogP contribution in [0.3, 0.4) is 0 Å². The summed E-state index contributed by atoms with van der Waals surface area (Å²) in [6.07, 6.45) is 5.09. The summed E-state index contributed by atoms with van der Waals surface area (Å²) in [5.41, 5.74) is 2.13. The zero-order valence-electron chi connectivity index (χ0n) is 15.8. The molecule has 27 heavy (non-hydrogen) atoms. The van der Waals surface area contributed by atoms with Crippen LogP contribution in [-0.4, -0.2) is 34.7 Å². The number of rotatable bonds is 6. The molecule has 0 spiro atoms. The minimum absolute atomic E-state index is 0.239. The Labute approximate surface area is 158 Å². The van der Waals surface area contributed by atoms with Crippen LogP contribution in [0.4, 0.5) is 0 Å². The topological polar surface area (TPSA) is 78.3 Å². The predicted molar refractivity (Wildman–Crippen MR) is 101 cm³/mol. The Kier molecular flexibility index (Phi) is 5.40. The standard InChI is InChI=1S/C20H22N4O3/c1-13-5-6-14(12-22-13)20(25)23-18(19-21-7-8-24(19)2)15-9-16(26-3)11-17(10-15)27-4/h5-12,18H,1-4H3,(H,23,25). The number of benzene rings is 1. The third-order valence-electron chi connectivity index (χ3n) is 4.27. The molecule has 7 nitrogen and oxygen atoms in total. The second-order valence-electron chi connectivity index (χ2n) is 6.14. The predicted octanol–water partition coefficient (Wildman–Crippen LogP) is 2.66. The van der Waals surface area contributed by atoms with Gasteiger partial charge in [-0.15, -0.1) is 0 Å². The fraction of sp³-hybridized carbons (Fsp3) is 0.250. The lowest BCUT2D eigenvalue weighted by atomic mass is 10.0. The summed E-state index contributed by atoms with van der Waals surface area (Å²) in [5, 5.41) is 3.04. The fourth-order valence-electron chi connectivity index (χ4n) is 2.76. The molecule has 0 aliphatic rings. The van der Waals surface area contributed by atoms with Crippen molar-refractivity contribution in [1.82, 2.24) is 19.9 Å². The molecule has 0 aliphatic carbocycles. The van der Waals surface area contributed by atoms with Crippen molar-refractivity contribution in [3.63, 3.8) is 0 Å². The summed E-state index contributed by atoms with van der Waals surface area (Å²) in [4.78, 5) is 21.4. The van der Waals surface area contributed by atoms with Crippen LogP contribution in [0.25, 0.3) is 0 Å². The molecule has 0 saturated heterocycles. The van der Waals surface area contributed by atoms with E-state index in [0.717, 1.165) is 11.3 Å². The van der Waals surface area contributed by atoms with E-state index in [4.69, 9.17) is 9.47 Å². The molecular formula is C20H22N4O3. The van der Waals surface area contributed by atoms with Crippen molar-refractivity contribution >= 4 is 5.91 Å². The molecule has 2 heterocycles. The smallest absolute Gasteiger partial charge is 0.253 e. The van der Waals surface area contributed by atoms with Crippen LogP contribution in [0.1, 0.15) is 33.5 Å². The minimum atomic E-state index is -0.484. The number of aryl methyl sites for hydroxylation is 2. The number of imidazole rings is 1. The summed E-state index contributed by atoms with van der Waals surface area (Å²) in [6, 6.07) is 8.57. The summed E-state index contributed by atoms with van der Waals surface area (Å²) in [5.74, 6) is 1.72. The van der Waals surface area contributed by atoms with Crippen molar-refractivity contribution in [1.29, 1.82) is 0 Å². The maximum atomic E-state index is 12.8. The van der Waals surface area contributed by atoms with Crippen molar-refractivity contribution < 1.29 is 14.3 Å². The van der Waals surface area contributed by atoms with Crippen LogP contribution < -0.4 is 14.8 Å². The third-order valence-corrected chi connectivity index (χ3v) is 4.27. The Morgan fingerprint density at radius 2 is 1.81 bits per heavy atom. The number of nitrogens with zero attached hydrogens (tertiary/aromatic N) is 3. The highest BCUT2D eigenvalue weighted by Crippen LogP contribution is 2.29. The van der Waals surface area contributed by atoms with Crippen LogP contribution >= 0.6 is 0 Å². The molecule has 3 aromatic rings. The van der Waals surface area contributed by atoms with E-state index in [-0.39, 0.29) is 5.91 Å². The molecule has 2 aromatic heterocycles. The first kappa shape index (κ1) is 18.4. The molecule has 3 rings (SSSR count). The third kappa shape index (κ3) is 4.08. The summed E-state index contributed by atoms with van der Waals surface area (Å²) in [6.45, 7) is 1.88. The second kappa shape index (κ2) is 7.90. The molecule has 140 valence electrons. The highest BCUT2D eigenvalue weighted by Gasteiger charge is 2.23. The number of pyridine rings is 1. The Morgan fingerprint density at radius 3 is 2.33 bits per heavy atom. The number of hydrogen-bond acceptors (Lipinski definition) is 5. The van der Waals surface area contributed by atoms with Gasteiger partial charge in [0.05, 0.1) is 19.8 Å². The average Bonchev–Trinajstić information content (AvgIpc) is 3.11. The number of ether oxygens (including phenoxy) is 2. The normalized spacial score (nSPS) is 11.7. The Bertz CT molecular complexity index is 912. The second-order valence-corrected chi connectivity index (χ2v) is 6.14. The van der Waals surface area contributed by atoms with Gasteiger partial charge in [-0.2, -0.15) is 0 Å². The Morgan fingerprint density at radius 1 is 1.11 bits per heavy atom. The monoisotopic (exact) mass is 366 g/mol. The Hall–Kier alpha value is -3.35. The fourth-order valence-corrected chi connectivity index (χ4v) is 2.76. The highest BCUT2D eigenvalue weighted by molar-refractivity contribution is 5.94. The first-order chi connectivity index (χ1) is 13.0. The number of carbonyl (C=O) groups excluding carboxylic acids is 1. The lowest BCUT2D eigenvalue weighted by Gasteiger charge is -2.20. The van der Waals surface area contributed by atoms with Gasteiger partial charge in [0.1, 0.15) is 23.4 Å². The van der Waals surface area contributed by atoms with Crippen molar-refractivity contribution in [3.8, 4) is 11.5 Å². The minimum Gasteiger partial charge on any atom is -0.497 e. The van der Waals surface area contributed by atoms with Gasteiger partial charge in [0, 0.05) is 37.4 Å². The van der Waals surface area contributed by atoms with E-state index in [2.05, 4.69) is 15.3 Å². The zero-order valence-corrected chi connectivity index (χ0v) is 15.8. The van der Waals surface area contributed by atoms with Crippen LogP contribution in [0.2, 0.25) is 0 Å². The molecule has 1 unspecified atom stereocenters. The van der Waals surface area contributed by atoms with Crippen molar-refractivity contribution in [2.45, 2.75) is 13.0 Å². The van der Waals surface area contributed by atoms with Gasteiger partial charge in [-0.25, -0.2) is 4.98 Å². The first-order valence-electron chi connectivity index (χ1n) is 8.45. The van der Waals surface area contributed by atoms with Crippen LogP contribution in [0.5, 0.6) is 11.5 Å². The summed E-state index contributed by atoms with van der Waals surface area (Å²) < 4.78 is 12.6. The van der Waals surface area contributed by atoms with Crippen molar-refractivity contribution in [2.24, 2.45) is 7.05 Å². The molecule has 0 saturated carbocycles. The molecule has 1 amide bonds. The van der Waals surface area contributed by atoms with Gasteiger partial charge in [0.25, 0.3) is 5.91 Å². The number of aromatic nitrogens is 3. The van der Waals surface area contributed by atoms with Gasteiger partial charge in [-0.1, -0.05) is 0 Å². The quantitative estimate of drug-likeness (QED) is 0.726. The van der Waals surface area contributed by atoms with E-state index in [1.54, 1.807) is 44.8 Å². The van der Waals surface area contributed by atoms with E-state index in [1.165, 1.54) is 0 Å². The SMILES string of the molecule is COc1cc(OC)cc(C(NC(=O)c2ccc(C)nc2)c2nccn2C)c1. The van der Waals surface area contributed by atoms with Crippen LogP contribution in [0.15, 0.2) is 48.9 Å². The molecule has 0 radical (unpaired) electrons. The number of hydrogen-bond donors (Lipinski definition) is 1. The van der Waals surface area contributed by atoms with Gasteiger partial charge in [-0.3, -0.25) is 9.78 Å². The molecule has 1 aromatic carbocycles. The van der Waals surface area contributed by atoms with E-state index >= 15 is 0 Å². The van der Waals surface area contributed by atoms with Gasteiger partial charge in [0.15, 0.2) is 0 Å². The Balaban J connectivity index is 2.01. The molecule has 1 atom stereocenters. The lowest BCUT2D eigenvalue weighted by molar-refractivity contribution is 0.0940. The van der Waals surface area contributed by atoms with Gasteiger partial charge in [-0.05, 0) is 36.8 Å². The van der Waals surface area contributed by atoms with E-state index in [1.807, 2.05) is 36.9 Å². The molecule has 0 bridgehead atoms. The molecular weight excluding hydrogens is 344 g/mol. The number of amides is 1. The van der Waals surface area contributed by atoms with Crippen molar-refractivity contribution in [3.05, 3.63) is 71.6 Å². The highest BCUT2D eigenvalue weighted by atomic mass is 16.5. The maximum Gasteiger partial charge on any atom is 0.253 e. The number of carbonyl (C=O) groups is 1. The molecule has 7 heteroatoms.